The normalized spacial score (nSPS) is 16.1. The van der Waals surface area contributed by atoms with Gasteiger partial charge in [0.05, 0.1) is 0 Å². The van der Waals surface area contributed by atoms with Crippen LogP contribution in [0.3, 0.4) is 0 Å². The van der Waals surface area contributed by atoms with E-state index >= 15 is 0 Å². The lowest BCUT2D eigenvalue weighted by Gasteiger charge is -2.23. The molecule has 2 rings (SSSR count). The second kappa shape index (κ2) is 12.5. The molecule has 1 aromatic rings. The van der Waals surface area contributed by atoms with Crippen molar-refractivity contribution in [2.45, 2.75) is 57.5 Å². The highest BCUT2D eigenvalue weighted by Crippen LogP contribution is 2.22. The van der Waals surface area contributed by atoms with E-state index in [4.69, 9.17) is 5.73 Å². The maximum absolute atomic E-state index is 12.5. The third kappa shape index (κ3) is 7.31. The average Bonchev–Trinajstić information content (AvgIpc) is 3.01. The number of carbonyl (C=O) groups excluding carboxylic acids is 3. The van der Waals surface area contributed by atoms with Crippen LogP contribution in [0.1, 0.15) is 50.5 Å². The summed E-state index contributed by atoms with van der Waals surface area (Å²) < 4.78 is 0. The number of nitrogens with two attached hydrogens (primary N) is 1. The van der Waals surface area contributed by atoms with Crippen molar-refractivity contribution in [3.8, 4) is 0 Å². The molecule has 3 N–H and O–H groups in total. The van der Waals surface area contributed by atoms with Gasteiger partial charge in [-0.3, -0.25) is 14.4 Å². The lowest BCUT2D eigenvalue weighted by Crippen LogP contribution is -2.45. The molecule has 150 valence electrons. The van der Waals surface area contributed by atoms with Crippen molar-refractivity contribution >= 4 is 30.0 Å². The summed E-state index contributed by atoms with van der Waals surface area (Å²) in [7, 11) is 0. The number of nitrogens with one attached hydrogen (secondary N) is 1. The zero-order chi connectivity index (χ0) is 18.8. The number of benzene rings is 1. The van der Waals surface area contributed by atoms with Gasteiger partial charge in [-0.15, -0.1) is 12.4 Å². The maximum Gasteiger partial charge on any atom is 0.289 e. The summed E-state index contributed by atoms with van der Waals surface area (Å²) >= 11 is 0. The molecule has 1 aliphatic heterocycles. The second-order valence-electron chi connectivity index (χ2n) is 6.74. The van der Waals surface area contributed by atoms with Crippen molar-refractivity contribution < 1.29 is 14.4 Å². The van der Waals surface area contributed by atoms with Gasteiger partial charge in [-0.05, 0) is 31.4 Å². The number of Topliss-reactive ketones (excluding diaryl/α,β-unsaturated/α-hetero) is 1. The van der Waals surface area contributed by atoms with Gasteiger partial charge in [0.15, 0.2) is 0 Å². The zero-order valence-corrected chi connectivity index (χ0v) is 16.5. The molecule has 1 atom stereocenters. The molecule has 0 aromatic heterocycles. The first-order valence-corrected chi connectivity index (χ1v) is 9.49. The molecular weight excluding hydrogens is 366 g/mol. The number of amides is 2. The van der Waals surface area contributed by atoms with E-state index < -0.39 is 17.7 Å². The van der Waals surface area contributed by atoms with E-state index in [1.54, 1.807) is 0 Å². The Hall–Kier alpha value is -1.92. The summed E-state index contributed by atoms with van der Waals surface area (Å²) in [6, 6.07) is 8.88. The maximum atomic E-state index is 12.5. The molecule has 0 aliphatic carbocycles. The Morgan fingerprint density at radius 3 is 2.44 bits per heavy atom. The SMILES string of the molecule is Cl.NCCCCCCCNC(=O)C(=O)C1CCC(=O)N1Cc1ccccc1. The first-order valence-electron chi connectivity index (χ1n) is 9.49. The van der Waals surface area contributed by atoms with Crippen LogP contribution in [-0.2, 0) is 20.9 Å². The Labute approximate surface area is 167 Å². The van der Waals surface area contributed by atoms with E-state index in [1.165, 1.54) is 4.90 Å². The molecule has 0 radical (unpaired) electrons. The van der Waals surface area contributed by atoms with Crippen LogP contribution in [0.4, 0.5) is 0 Å². The van der Waals surface area contributed by atoms with Crippen LogP contribution in [0.25, 0.3) is 0 Å². The minimum absolute atomic E-state index is 0. The summed E-state index contributed by atoms with van der Waals surface area (Å²) in [5, 5.41) is 2.70. The average molecular weight is 396 g/mol. The molecule has 2 amide bonds. The Balaban J connectivity index is 0.00000364. The third-order valence-electron chi connectivity index (χ3n) is 4.72. The van der Waals surface area contributed by atoms with E-state index in [0.717, 1.165) is 37.7 Å². The summed E-state index contributed by atoms with van der Waals surface area (Å²) in [5.41, 5.74) is 6.41. The molecule has 27 heavy (non-hydrogen) atoms. The smallest absolute Gasteiger partial charge is 0.289 e. The van der Waals surface area contributed by atoms with E-state index in [1.807, 2.05) is 30.3 Å². The molecule has 1 aromatic carbocycles. The Morgan fingerprint density at radius 1 is 1.07 bits per heavy atom. The molecule has 0 spiro atoms. The van der Waals surface area contributed by atoms with E-state index in [9.17, 15) is 14.4 Å². The van der Waals surface area contributed by atoms with Crippen molar-refractivity contribution in [3.05, 3.63) is 35.9 Å². The number of hydrogen-bond acceptors (Lipinski definition) is 4. The Bertz CT molecular complexity index is 610. The highest BCUT2D eigenvalue weighted by atomic mass is 35.5. The molecule has 0 bridgehead atoms. The van der Waals surface area contributed by atoms with Crippen molar-refractivity contribution in [1.82, 2.24) is 10.2 Å². The number of unbranched alkanes of at least 4 members (excludes halogenated alkanes) is 4. The monoisotopic (exact) mass is 395 g/mol. The van der Waals surface area contributed by atoms with Gasteiger partial charge >= 0.3 is 0 Å². The standard InChI is InChI=1S/C20H29N3O3.ClH/c21-13-7-2-1-3-8-14-22-20(26)19(25)17-11-12-18(24)23(17)15-16-9-5-4-6-10-16;/h4-6,9-10,17H,1-3,7-8,11-15,21H2,(H,22,26);1H. The number of carbonyl (C=O) groups is 3. The minimum Gasteiger partial charge on any atom is -0.349 e. The van der Waals surface area contributed by atoms with Gasteiger partial charge in [0.2, 0.25) is 11.7 Å². The molecule has 1 unspecified atom stereocenters. The topological polar surface area (TPSA) is 92.5 Å². The third-order valence-corrected chi connectivity index (χ3v) is 4.72. The molecular formula is C20H30ClN3O3. The fraction of sp³-hybridized carbons (Fsp3) is 0.550. The number of ketones is 1. The van der Waals surface area contributed by atoms with Gasteiger partial charge in [-0.25, -0.2) is 0 Å². The summed E-state index contributed by atoms with van der Waals surface area (Å²) in [6.45, 7) is 1.57. The first-order chi connectivity index (χ1) is 12.6. The number of likely N-dealkylation sites (tertiary alicyclic amines) is 1. The van der Waals surface area contributed by atoms with Crippen molar-refractivity contribution in [2.24, 2.45) is 5.73 Å². The highest BCUT2D eigenvalue weighted by Gasteiger charge is 2.38. The minimum atomic E-state index is -0.646. The van der Waals surface area contributed by atoms with Gasteiger partial charge < -0.3 is 16.0 Å². The summed E-state index contributed by atoms with van der Waals surface area (Å²) in [6.07, 6.45) is 5.80. The van der Waals surface area contributed by atoms with Crippen LogP contribution in [0.15, 0.2) is 30.3 Å². The molecule has 1 aliphatic rings. The van der Waals surface area contributed by atoms with Gasteiger partial charge in [0, 0.05) is 19.5 Å². The summed E-state index contributed by atoms with van der Waals surface area (Å²) in [5.74, 6) is -1.15. The van der Waals surface area contributed by atoms with Crippen LogP contribution in [-0.4, -0.2) is 41.6 Å². The van der Waals surface area contributed by atoms with Gasteiger partial charge in [-0.2, -0.15) is 0 Å². The van der Waals surface area contributed by atoms with Gasteiger partial charge in [0.1, 0.15) is 6.04 Å². The largest absolute Gasteiger partial charge is 0.349 e. The van der Waals surface area contributed by atoms with Crippen molar-refractivity contribution in [2.75, 3.05) is 13.1 Å². The van der Waals surface area contributed by atoms with Crippen LogP contribution in [0, 0.1) is 0 Å². The molecule has 1 saturated heterocycles. The van der Waals surface area contributed by atoms with E-state index in [-0.39, 0.29) is 18.3 Å². The molecule has 1 fully saturated rings. The number of nitrogens with zero attached hydrogens (tertiary/aromatic N) is 1. The van der Waals surface area contributed by atoms with Crippen LogP contribution >= 0.6 is 12.4 Å². The highest BCUT2D eigenvalue weighted by molar-refractivity contribution is 6.38. The lowest BCUT2D eigenvalue weighted by atomic mass is 10.1. The quantitative estimate of drug-likeness (QED) is 0.443. The second-order valence-corrected chi connectivity index (χ2v) is 6.74. The predicted octanol–water partition coefficient (Wildman–Crippen LogP) is 2.19. The fourth-order valence-electron chi connectivity index (χ4n) is 3.22. The predicted molar refractivity (Wildman–Crippen MR) is 107 cm³/mol. The van der Waals surface area contributed by atoms with Gasteiger partial charge in [-0.1, -0.05) is 49.6 Å². The van der Waals surface area contributed by atoms with E-state index in [0.29, 0.717) is 32.5 Å². The Morgan fingerprint density at radius 2 is 1.74 bits per heavy atom. The lowest BCUT2D eigenvalue weighted by molar-refractivity contribution is -0.143. The van der Waals surface area contributed by atoms with Crippen molar-refractivity contribution in [3.63, 3.8) is 0 Å². The van der Waals surface area contributed by atoms with Crippen LogP contribution in [0.5, 0.6) is 0 Å². The first kappa shape index (κ1) is 23.1. The molecule has 0 saturated carbocycles. The van der Waals surface area contributed by atoms with Crippen LogP contribution < -0.4 is 11.1 Å². The number of rotatable bonds is 11. The van der Waals surface area contributed by atoms with Crippen LogP contribution in [0.2, 0.25) is 0 Å². The zero-order valence-electron chi connectivity index (χ0n) is 15.7. The molecule has 6 nitrogen and oxygen atoms in total. The van der Waals surface area contributed by atoms with Gasteiger partial charge in [0.25, 0.3) is 5.91 Å². The Kier molecular flexibility index (Phi) is 10.7. The number of hydrogen-bond donors (Lipinski definition) is 2. The number of halogens is 1. The molecule has 7 heteroatoms. The fourth-order valence-corrected chi connectivity index (χ4v) is 3.22. The van der Waals surface area contributed by atoms with E-state index in [2.05, 4.69) is 5.32 Å². The van der Waals surface area contributed by atoms with Crippen molar-refractivity contribution in [1.29, 1.82) is 0 Å². The summed E-state index contributed by atoms with van der Waals surface area (Å²) in [4.78, 5) is 38.3. The molecule has 1 heterocycles.